The second-order valence-electron chi connectivity index (χ2n) is 6.66. The molecule has 0 spiro atoms. The first kappa shape index (κ1) is 20.0. The molecule has 2 aliphatic heterocycles. The van der Waals surface area contributed by atoms with Gasteiger partial charge in [-0.2, -0.15) is 0 Å². The number of fused-ring (bicyclic) bond motifs is 1. The van der Waals surface area contributed by atoms with E-state index in [1.165, 1.54) is 37.3 Å². The van der Waals surface area contributed by atoms with Crippen LogP contribution in [0.5, 0.6) is 17.2 Å². The summed E-state index contributed by atoms with van der Waals surface area (Å²) in [7, 11) is 0. The highest BCUT2D eigenvalue weighted by atomic mass is 16.7. The average Bonchev–Trinajstić information content (AvgIpc) is 3.20. The van der Waals surface area contributed by atoms with Crippen LogP contribution < -0.4 is 24.4 Å². The Balaban J connectivity index is 1.59. The quantitative estimate of drug-likeness (QED) is 0.550. The van der Waals surface area contributed by atoms with E-state index in [1.807, 2.05) is 0 Å². The van der Waals surface area contributed by atoms with Gasteiger partial charge in [-0.1, -0.05) is 12.1 Å². The third-order valence-electron chi connectivity index (χ3n) is 4.57. The number of benzene rings is 2. The third-order valence-corrected chi connectivity index (χ3v) is 4.57. The molecular weight excluding hydrogens is 408 g/mol. The number of hydrogen-bond acceptors (Lipinski definition) is 7. The number of anilines is 1. The Kier molecular flexibility index (Phi) is 5.04. The fourth-order valence-electron chi connectivity index (χ4n) is 2.98. The van der Waals surface area contributed by atoms with Gasteiger partial charge in [0.15, 0.2) is 17.6 Å². The number of nitrogens with one attached hydrogen (secondary N) is 1. The summed E-state index contributed by atoms with van der Waals surface area (Å²) in [6.45, 7) is 1.43. The summed E-state index contributed by atoms with van der Waals surface area (Å²) in [5.74, 6) is -1.55. The van der Waals surface area contributed by atoms with Crippen LogP contribution in [0, 0.1) is 0 Å². The van der Waals surface area contributed by atoms with E-state index >= 15 is 0 Å². The van der Waals surface area contributed by atoms with Gasteiger partial charge in [0, 0.05) is 6.07 Å². The van der Waals surface area contributed by atoms with Gasteiger partial charge in [0.1, 0.15) is 11.3 Å². The minimum atomic E-state index is -1.11. The molecule has 1 fully saturated rings. The highest BCUT2D eigenvalue weighted by Gasteiger charge is 2.37. The summed E-state index contributed by atoms with van der Waals surface area (Å²) < 4.78 is 15.7. The number of carbonyl (C=O) groups is 4. The van der Waals surface area contributed by atoms with E-state index < -0.39 is 29.9 Å². The molecule has 0 radical (unpaired) electrons. The third kappa shape index (κ3) is 3.90. The predicted molar refractivity (Wildman–Crippen MR) is 106 cm³/mol. The molecule has 4 rings (SSSR count). The van der Waals surface area contributed by atoms with Crippen LogP contribution in [0.3, 0.4) is 0 Å². The summed E-state index contributed by atoms with van der Waals surface area (Å²) in [5, 5.41) is 11.0. The maximum atomic E-state index is 13.0. The molecule has 1 saturated heterocycles. The molecule has 10 heteroatoms. The number of nitrogens with zero attached hydrogens (tertiary/aromatic N) is 1. The van der Waals surface area contributed by atoms with Gasteiger partial charge in [-0.25, -0.2) is 14.5 Å². The lowest BCUT2D eigenvalue weighted by Gasteiger charge is -2.26. The number of hydrogen-bond donors (Lipinski definition) is 2. The van der Waals surface area contributed by atoms with E-state index in [-0.39, 0.29) is 18.1 Å². The summed E-state index contributed by atoms with van der Waals surface area (Å²) in [6.07, 6.45) is 0.297. The molecule has 2 N–H and O–H groups in total. The zero-order valence-electron chi connectivity index (χ0n) is 16.2. The largest absolute Gasteiger partial charge is 0.479 e. The van der Waals surface area contributed by atoms with Gasteiger partial charge in [0.25, 0.3) is 11.8 Å². The Morgan fingerprint density at radius 2 is 1.84 bits per heavy atom. The number of rotatable bonds is 5. The standard InChI is InChI=1S/C21H16N2O8/c1-11(20(26)27)31-14-5-2-12(3-6-14)8-15-18(24)22-21(28)23(19(15)25)13-4-7-16-17(9-13)30-10-29-16/h2-9,11H,10H2,1H3,(H,26,27)(H,22,24,28). The Labute approximate surface area is 175 Å². The van der Waals surface area contributed by atoms with Crippen molar-refractivity contribution in [3.63, 3.8) is 0 Å². The normalized spacial score (nSPS) is 17.5. The molecule has 0 bridgehead atoms. The van der Waals surface area contributed by atoms with E-state index in [0.29, 0.717) is 22.8 Å². The molecule has 0 saturated carbocycles. The minimum absolute atomic E-state index is 0.0352. The van der Waals surface area contributed by atoms with E-state index in [9.17, 15) is 19.2 Å². The highest BCUT2D eigenvalue weighted by molar-refractivity contribution is 6.39. The van der Waals surface area contributed by atoms with Crippen LogP contribution in [0.1, 0.15) is 12.5 Å². The van der Waals surface area contributed by atoms with Gasteiger partial charge in [-0.05, 0) is 42.8 Å². The van der Waals surface area contributed by atoms with Crippen LogP contribution in [0.4, 0.5) is 10.5 Å². The minimum Gasteiger partial charge on any atom is -0.479 e. The fraction of sp³-hybridized carbons (Fsp3) is 0.143. The smallest absolute Gasteiger partial charge is 0.344 e. The number of ether oxygens (including phenoxy) is 3. The van der Waals surface area contributed by atoms with Gasteiger partial charge >= 0.3 is 12.0 Å². The number of imide groups is 2. The second kappa shape index (κ2) is 7.82. The second-order valence-corrected chi connectivity index (χ2v) is 6.66. The first-order valence-corrected chi connectivity index (χ1v) is 9.14. The van der Waals surface area contributed by atoms with Crippen LogP contribution in [0.2, 0.25) is 0 Å². The molecule has 10 nitrogen and oxygen atoms in total. The van der Waals surface area contributed by atoms with Crippen molar-refractivity contribution in [2.45, 2.75) is 13.0 Å². The van der Waals surface area contributed by atoms with Gasteiger partial charge in [-0.3, -0.25) is 14.9 Å². The molecular formula is C21H16N2O8. The summed E-state index contributed by atoms with van der Waals surface area (Å²) in [6, 6.07) is 9.80. The highest BCUT2D eigenvalue weighted by Crippen LogP contribution is 2.36. The van der Waals surface area contributed by atoms with Crippen LogP contribution in [-0.2, 0) is 14.4 Å². The van der Waals surface area contributed by atoms with Crippen molar-refractivity contribution in [2.24, 2.45) is 0 Å². The molecule has 2 aliphatic rings. The van der Waals surface area contributed by atoms with Crippen molar-refractivity contribution in [3.8, 4) is 17.2 Å². The van der Waals surface area contributed by atoms with E-state index in [4.69, 9.17) is 19.3 Å². The zero-order chi connectivity index (χ0) is 22.1. The number of urea groups is 1. The number of carboxylic acids is 1. The lowest BCUT2D eigenvalue weighted by atomic mass is 10.1. The molecule has 158 valence electrons. The van der Waals surface area contributed by atoms with E-state index in [0.717, 1.165) is 4.90 Å². The molecule has 1 unspecified atom stereocenters. The molecule has 31 heavy (non-hydrogen) atoms. The number of amides is 4. The molecule has 2 aromatic carbocycles. The van der Waals surface area contributed by atoms with Gasteiger partial charge in [0.2, 0.25) is 6.79 Å². The number of carboxylic acid groups (broad SMARTS) is 1. The zero-order valence-corrected chi connectivity index (χ0v) is 16.2. The fourth-order valence-corrected chi connectivity index (χ4v) is 2.98. The van der Waals surface area contributed by atoms with Gasteiger partial charge in [0.05, 0.1) is 5.69 Å². The maximum Gasteiger partial charge on any atom is 0.344 e. The SMILES string of the molecule is CC(Oc1ccc(C=C2C(=O)NC(=O)N(c3ccc4c(c3)OCO4)C2=O)cc1)C(=O)O. The number of carbonyl (C=O) groups excluding carboxylic acids is 3. The molecule has 4 amide bonds. The van der Waals surface area contributed by atoms with Crippen molar-refractivity contribution in [2.75, 3.05) is 11.7 Å². The van der Waals surface area contributed by atoms with Crippen molar-refractivity contribution in [1.29, 1.82) is 0 Å². The summed E-state index contributed by atoms with van der Waals surface area (Å²) in [5.41, 5.74) is 0.454. The molecule has 0 aromatic heterocycles. The first-order chi connectivity index (χ1) is 14.8. The Morgan fingerprint density at radius 1 is 1.13 bits per heavy atom. The van der Waals surface area contributed by atoms with Gasteiger partial charge in [-0.15, -0.1) is 0 Å². The van der Waals surface area contributed by atoms with E-state index in [1.54, 1.807) is 18.2 Å². The Hall–Kier alpha value is -4.34. The molecule has 2 heterocycles. The van der Waals surface area contributed by atoms with Crippen LogP contribution >= 0.6 is 0 Å². The Morgan fingerprint density at radius 3 is 2.55 bits per heavy atom. The van der Waals surface area contributed by atoms with Gasteiger partial charge < -0.3 is 19.3 Å². The number of barbiturate groups is 1. The van der Waals surface area contributed by atoms with Crippen molar-refractivity contribution >= 4 is 35.6 Å². The van der Waals surface area contributed by atoms with Crippen LogP contribution in [0.25, 0.3) is 6.08 Å². The van der Waals surface area contributed by atoms with Crippen molar-refractivity contribution in [1.82, 2.24) is 5.32 Å². The molecule has 0 aliphatic carbocycles. The Bertz CT molecular complexity index is 1120. The van der Waals surface area contributed by atoms with Crippen LogP contribution in [-0.4, -0.2) is 41.8 Å². The van der Waals surface area contributed by atoms with Crippen LogP contribution in [0.15, 0.2) is 48.0 Å². The summed E-state index contributed by atoms with van der Waals surface area (Å²) in [4.78, 5) is 49.3. The topological polar surface area (TPSA) is 131 Å². The van der Waals surface area contributed by atoms with E-state index in [2.05, 4.69) is 5.32 Å². The molecule has 2 aromatic rings. The lowest BCUT2D eigenvalue weighted by Crippen LogP contribution is -2.54. The predicted octanol–water partition coefficient (Wildman–Crippen LogP) is 1.93. The molecule has 1 atom stereocenters. The van der Waals surface area contributed by atoms with Crippen molar-refractivity contribution < 1.29 is 38.5 Å². The van der Waals surface area contributed by atoms with Crippen molar-refractivity contribution in [3.05, 3.63) is 53.6 Å². The lowest BCUT2D eigenvalue weighted by molar-refractivity contribution is -0.144. The maximum absolute atomic E-state index is 13.0. The average molecular weight is 424 g/mol. The number of aliphatic carboxylic acids is 1. The monoisotopic (exact) mass is 424 g/mol. The first-order valence-electron chi connectivity index (χ1n) is 9.14. The summed E-state index contributed by atoms with van der Waals surface area (Å²) >= 11 is 0.